The Morgan fingerprint density at radius 2 is 1.52 bits per heavy atom. The molecule has 0 saturated heterocycles. The Hall–Kier alpha value is -2.24. The number of primary amides is 1. The Morgan fingerprint density at radius 3 is 1.97 bits per heavy atom. The van der Waals surface area contributed by atoms with E-state index in [1.807, 2.05) is 21.1 Å². The van der Waals surface area contributed by atoms with Crippen LogP contribution in [-0.2, 0) is 19.2 Å². The Kier molecular flexibility index (Phi) is 11.4. The second-order valence-electron chi connectivity index (χ2n) is 8.24. The van der Waals surface area contributed by atoms with Gasteiger partial charge in [0.1, 0.15) is 18.1 Å². The van der Waals surface area contributed by atoms with Crippen LogP contribution in [0, 0.1) is 0 Å². The lowest BCUT2D eigenvalue weighted by molar-refractivity contribution is -0.870. The molecule has 8 N–H and O–H groups in total. The first-order chi connectivity index (χ1) is 13.2. The number of hydrogen-bond acceptors (Lipinski definition) is 6. The van der Waals surface area contributed by atoms with E-state index in [1.54, 1.807) is 0 Å². The number of carboxylic acids is 1. The number of unbranched alkanes of at least 4 members (excludes halogenated alkanes) is 1. The Labute approximate surface area is 171 Å². The van der Waals surface area contributed by atoms with E-state index in [9.17, 15) is 29.4 Å². The Balaban J connectivity index is 5.11. The highest BCUT2D eigenvalue weighted by molar-refractivity contribution is 5.92. The number of carbonyl (C=O) groups is 4. The monoisotopic (exact) mass is 418 g/mol. The lowest BCUT2D eigenvalue weighted by Gasteiger charge is -2.25. The zero-order valence-electron chi connectivity index (χ0n) is 17.7. The summed E-state index contributed by atoms with van der Waals surface area (Å²) >= 11 is 0. The maximum Gasteiger partial charge on any atom is 0.326 e. The molecule has 0 radical (unpaired) electrons. The van der Waals surface area contributed by atoms with Crippen LogP contribution < -0.4 is 22.1 Å². The first-order valence-electron chi connectivity index (χ1n) is 9.60. The fourth-order valence-corrected chi connectivity index (χ4v) is 2.51. The standard InChI is InChI=1S/C18H35N5O6/c1-11(24)15(20)17(27)21-12(7-5-6-10-23(2,3)4)16(26)22-13(18(28)29)8-9-14(19)25/h11-13,15,24H,5-10,20H2,1-4H3,(H4-,19,21,22,25,26,27,28,29)/p+1/t11-,12+,13+,15+/m1/s1. The molecule has 0 aliphatic carbocycles. The summed E-state index contributed by atoms with van der Waals surface area (Å²) in [5.74, 6) is -3.40. The highest BCUT2D eigenvalue weighted by Gasteiger charge is 2.29. The Morgan fingerprint density at radius 1 is 0.966 bits per heavy atom. The van der Waals surface area contributed by atoms with Gasteiger partial charge in [-0.1, -0.05) is 0 Å². The minimum atomic E-state index is -1.31. The van der Waals surface area contributed by atoms with E-state index in [-0.39, 0.29) is 19.3 Å². The zero-order valence-corrected chi connectivity index (χ0v) is 17.7. The van der Waals surface area contributed by atoms with Crippen molar-refractivity contribution in [1.29, 1.82) is 0 Å². The third kappa shape index (κ3) is 12.0. The predicted octanol–water partition coefficient (Wildman–Crippen LogP) is -2.11. The average molecular weight is 419 g/mol. The van der Waals surface area contributed by atoms with Crippen molar-refractivity contribution in [3.8, 4) is 0 Å². The van der Waals surface area contributed by atoms with Gasteiger partial charge >= 0.3 is 5.97 Å². The summed E-state index contributed by atoms with van der Waals surface area (Å²) in [7, 11) is 6.09. The number of aliphatic carboxylic acids is 1. The normalized spacial score (nSPS) is 15.7. The molecule has 0 fully saturated rings. The molecule has 4 atom stereocenters. The van der Waals surface area contributed by atoms with Crippen LogP contribution in [0.2, 0.25) is 0 Å². The van der Waals surface area contributed by atoms with Gasteiger partial charge in [-0.15, -0.1) is 0 Å². The van der Waals surface area contributed by atoms with E-state index >= 15 is 0 Å². The molecule has 168 valence electrons. The molecule has 0 saturated carbocycles. The first-order valence-corrected chi connectivity index (χ1v) is 9.60. The molecule has 0 spiro atoms. The second-order valence-corrected chi connectivity index (χ2v) is 8.24. The van der Waals surface area contributed by atoms with E-state index < -0.39 is 47.9 Å². The van der Waals surface area contributed by atoms with Crippen LogP contribution in [0.15, 0.2) is 0 Å². The molecule has 0 unspecified atom stereocenters. The lowest BCUT2D eigenvalue weighted by atomic mass is 10.1. The summed E-state index contributed by atoms with van der Waals surface area (Å²) in [5, 5.41) is 23.5. The maximum absolute atomic E-state index is 12.6. The summed E-state index contributed by atoms with van der Waals surface area (Å²) < 4.78 is 0.740. The predicted molar refractivity (Wildman–Crippen MR) is 106 cm³/mol. The van der Waals surface area contributed by atoms with Gasteiger partial charge in [-0.05, 0) is 32.6 Å². The number of nitrogens with zero attached hydrogens (tertiary/aromatic N) is 1. The van der Waals surface area contributed by atoms with Crippen molar-refractivity contribution in [2.45, 2.75) is 63.3 Å². The molecule has 0 rings (SSSR count). The summed E-state index contributed by atoms with van der Waals surface area (Å²) in [4.78, 5) is 47.0. The van der Waals surface area contributed by atoms with Gasteiger partial charge in [0.2, 0.25) is 17.7 Å². The van der Waals surface area contributed by atoms with Crippen molar-refractivity contribution in [3.05, 3.63) is 0 Å². The van der Waals surface area contributed by atoms with E-state index in [2.05, 4.69) is 10.6 Å². The van der Waals surface area contributed by atoms with Crippen LogP contribution in [0.5, 0.6) is 0 Å². The highest BCUT2D eigenvalue weighted by atomic mass is 16.4. The van der Waals surface area contributed by atoms with Crippen LogP contribution in [-0.4, -0.2) is 90.3 Å². The van der Waals surface area contributed by atoms with Gasteiger partial charge in [0.15, 0.2) is 0 Å². The molecule has 0 bridgehead atoms. The number of quaternary nitrogens is 1. The smallest absolute Gasteiger partial charge is 0.326 e. The molecule has 29 heavy (non-hydrogen) atoms. The molecule has 0 heterocycles. The van der Waals surface area contributed by atoms with Crippen LogP contribution in [0.3, 0.4) is 0 Å². The average Bonchev–Trinajstić information content (AvgIpc) is 2.58. The van der Waals surface area contributed by atoms with E-state index in [0.29, 0.717) is 6.42 Å². The van der Waals surface area contributed by atoms with Crippen molar-refractivity contribution in [3.63, 3.8) is 0 Å². The minimum absolute atomic E-state index is 0.161. The second kappa shape index (κ2) is 12.3. The largest absolute Gasteiger partial charge is 0.480 e. The molecule has 11 nitrogen and oxygen atoms in total. The summed E-state index contributed by atoms with van der Waals surface area (Å²) in [6, 6.07) is -3.55. The summed E-state index contributed by atoms with van der Waals surface area (Å²) in [6.45, 7) is 2.21. The molecule has 0 aromatic carbocycles. The number of nitrogens with two attached hydrogens (primary N) is 2. The number of amides is 3. The fourth-order valence-electron chi connectivity index (χ4n) is 2.51. The number of rotatable bonds is 14. The number of nitrogens with one attached hydrogen (secondary N) is 2. The van der Waals surface area contributed by atoms with Crippen LogP contribution in [0.1, 0.15) is 39.0 Å². The fraction of sp³-hybridized carbons (Fsp3) is 0.778. The van der Waals surface area contributed by atoms with Gasteiger partial charge in [0, 0.05) is 6.42 Å². The van der Waals surface area contributed by atoms with Crippen molar-refractivity contribution in [2.24, 2.45) is 11.5 Å². The topological polar surface area (TPSA) is 185 Å². The van der Waals surface area contributed by atoms with Gasteiger partial charge in [-0.3, -0.25) is 14.4 Å². The van der Waals surface area contributed by atoms with Crippen molar-refractivity contribution in [2.75, 3.05) is 27.7 Å². The molecule has 0 aliphatic rings. The summed E-state index contributed by atoms with van der Waals surface area (Å²) in [6.07, 6.45) is 0.189. The molecule has 11 heteroatoms. The van der Waals surface area contributed by atoms with Gasteiger partial charge in [0.25, 0.3) is 0 Å². The van der Waals surface area contributed by atoms with Gasteiger partial charge in [-0.25, -0.2) is 4.79 Å². The van der Waals surface area contributed by atoms with Gasteiger partial charge in [-0.2, -0.15) is 0 Å². The number of aliphatic hydroxyl groups excluding tert-OH is 1. The number of aliphatic hydroxyl groups is 1. The maximum atomic E-state index is 12.6. The Bertz CT molecular complexity index is 576. The minimum Gasteiger partial charge on any atom is -0.480 e. The molecule has 0 aromatic heterocycles. The van der Waals surface area contributed by atoms with Crippen LogP contribution >= 0.6 is 0 Å². The summed E-state index contributed by atoms with van der Waals surface area (Å²) in [5.41, 5.74) is 10.6. The third-order valence-corrected chi connectivity index (χ3v) is 4.32. The molecular weight excluding hydrogens is 382 g/mol. The molecular formula is C18H36N5O6+. The number of carboxylic acid groups (broad SMARTS) is 1. The molecule has 0 aromatic rings. The highest BCUT2D eigenvalue weighted by Crippen LogP contribution is 2.07. The van der Waals surface area contributed by atoms with Gasteiger partial charge in [0.05, 0.1) is 33.8 Å². The van der Waals surface area contributed by atoms with Gasteiger partial charge < -0.3 is 36.8 Å². The number of carbonyl (C=O) groups excluding carboxylic acids is 3. The number of hydrogen-bond donors (Lipinski definition) is 6. The zero-order chi connectivity index (χ0) is 22.8. The van der Waals surface area contributed by atoms with E-state index in [0.717, 1.165) is 17.4 Å². The first kappa shape index (κ1) is 26.8. The molecule has 3 amide bonds. The quantitative estimate of drug-likeness (QED) is 0.138. The van der Waals surface area contributed by atoms with E-state index in [1.165, 1.54) is 6.92 Å². The van der Waals surface area contributed by atoms with Crippen LogP contribution in [0.25, 0.3) is 0 Å². The molecule has 0 aliphatic heterocycles. The third-order valence-electron chi connectivity index (χ3n) is 4.32. The van der Waals surface area contributed by atoms with Crippen molar-refractivity contribution >= 4 is 23.7 Å². The lowest BCUT2D eigenvalue weighted by Crippen LogP contribution is -2.56. The van der Waals surface area contributed by atoms with Crippen LogP contribution in [0.4, 0.5) is 0 Å². The van der Waals surface area contributed by atoms with E-state index in [4.69, 9.17) is 11.5 Å². The van der Waals surface area contributed by atoms with Crippen molar-refractivity contribution in [1.82, 2.24) is 10.6 Å². The van der Waals surface area contributed by atoms with Crippen molar-refractivity contribution < 1.29 is 33.9 Å². The SMILES string of the molecule is C[C@@H](O)[C@H](N)C(=O)N[C@@H](CCCC[N+](C)(C)C)C(=O)N[C@@H](CCC(N)=O)C(=O)O.